The lowest BCUT2D eigenvalue weighted by atomic mass is 10.3. The molecule has 0 unspecified atom stereocenters. The molecule has 0 saturated carbocycles. The Hall–Kier alpha value is -0.640. The van der Waals surface area contributed by atoms with Gasteiger partial charge in [-0.3, -0.25) is 9.36 Å². The van der Waals surface area contributed by atoms with Crippen LogP contribution in [0.4, 0.5) is 0 Å². The summed E-state index contributed by atoms with van der Waals surface area (Å²) in [4.78, 5) is 11.2. The van der Waals surface area contributed by atoms with Crippen LogP contribution < -0.4 is 0 Å². The van der Waals surface area contributed by atoms with Crippen LogP contribution in [0.5, 0.6) is 0 Å². The lowest BCUT2D eigenvalue weighted by molar-refractivity contribution is -0.143. The van der Waals surface area contributed by atoms with Crippen molar-refractivity contribution in [1.29, 1.82) is 0 Å². The molecule has 0 bridgehead atoms. The van der Waals surface area contributed by atoms with Crippen LogP contribution in [0.25, 0.3) is 0 Å². The largest absolute Gasteiger partial charge is 0.466 e. The molecule has 0 amide bonds. The number of hydrogen-bond acceptors (Lipinski definition) is 5. The van der Waals surface area contributed by atoms with E-state index in [4.69, 9.17) is 13.8 Å². The highest BCUT2D eigenvalue weighted by Gasteiger charge is 2.27. The summed E-state index contributed by atoms with van der Waals surface area (Å²) in [7, 11) is -3.29. The van der Waals surface area contributed by atoms with Crippen molar-refractivity contribution in [2.75, 3.05) is 19.8 Å². The Morgan fingerprint density at radius 1 is 1.06 bits per heavy atom. The molecule has 0 saturated heterocycles. The standard InChI is InChI=1S/C11H21O5P/c1-5-14-11(12)9-8-10(4)17(13,15-6-2)16-7-3/h4-9H2,1-3H3. The Labute approximate surface area is 103 Å². The van der Waals surface area contributed by atoms with Gasteiger partial charge < -0.3 is 13.8 Å². The molecular weight excluding hydrogens is 243 g/mol. The van der Waals surface area contributed by atoms with Gasteiger partial charge in [0.05, 0.1) is 19.8 Å². The molecule has 0 aromatic carbocycles. The maximum absolute atomic E-state index is 12.2. The molecule has 6 heteroatoms. The lowest BCUT2D eigenvalue weighted by Crippen LogP contribution is -2.05. The molecule has 0 aromatic rings. The Bertz CT molecular complexity index is 290. The van der Waals surface area contributed by atoms with Crippen LogP contribution in [0.15, 0.2) is 11.9 Å². The van der Waals surface area contributed by atoms with Crippen molar-refractivity contribution in [3.8, 4) is 0 Å². The predicted octanol–water partition coefficient (Wildman–Crippen LogP) is 3.11. The number of rotatable bonds is 9. The highest BCUT2D eigenvalue weighted by Crippen LogP contribution is 2.56. The van der Waals surface area contributed by atoms with Gasteiger partial charge in [-0.1, -0.05) is 6.58 Å². The minimum absolute atomic E-state index is 0.136. The first-order chi connectivity index (χ1) is 8.00. The molecule has 5 nitrogen and oxygen atoms in total. The topological polar surface area (TPSA) is 61.8 Å². The summed E-state index contributed by atoms with van der Waals surface area (Å²) in [6, 6.07) is 0. The van der Waals surface area contributed by atoms with Crippen molar-refractivity contribution in [2.24, 2.45) is 0 Å². The normalized spacial score (nSPS) is 11.2. The highest BCUT2D eigenvalue weighted by molar-refractivity contribution is 7.58. The van der Waals surface area contributed by atoms with E-state index in [-0.39, 0.29) is 32.0 Å². The van der Waals surface area contributed by atoms with Crippen molar-refractivity contribution < 1.29 is 23.1 Å². The van der Waals surface area contributed by atoms with E-state index in [0.29, 0.717) is 11.9 Å². The van der Waals surface area contributed by atoms with Crippen LogP contribution in [-0.4, -0.2) is 25.8 Å². The maximum Gasteiger partial charge on any atom is 0.356 e. The lowest BCUT2D eigenvalue weighted by Gasteiger charge is -2.18. The second-order valence-electron chi connectivity index (χ2n) is 3.20. The van der Waals surface area contributed by atoms with Gasteiger partial charge in [0.25, 0.3) is 0 Å². The quantitative estimate of drug-likeness (QED) is 0.473. The van der Waals surface area contributed by atoms with E-state index in [1.807, 2.05) is 0 Å². The van der Waals surface area contributed by atoms with Gasteiger partial charge >= 0.3 is 13.6 Å². The third-order valence-corrected chi connectivity index (χ3v) is 4.10. The molecule has 0 N–H and O–H groups in total. The fourth-order valence-corrected chi connectivity index (χ4v) is 2.68. The molecule has 100 valence electrons. The molecule has 0 rings (SSSR count). The van der Waals surface area contributed by atoms with E-state index >= 15 is 0 Å². The fraction of sp³-hybridized carbons (Fsp3) is 0.727. The zero-order valence-corrected chi connectivity index (χ0v) is 11.6. The van der Waals surface area contributed by atoms with Gasteiger partial charge in [-0.05, 0) is 27.2 Å². The Morgan fingerprint density at radius 2 is 1.59 bits per heavy atom. The van der Waals surface area contributed by atoms with E-state index < -0.39 is 7.60 Å². The van der Waals surface area contributed by atoms with Crippen LogP contribution >= 0.6 is 7.60 Å². The van der Waals surface area contributed by atoms with E-state index in [2.05, 4.69) is 6.58 Å². The van der Waals surface area contributed by atoms with Gasteiger partial charge in [0.15, 0.2) is 0 Å². The van der Waals surface area contributed by atoms with Crippen molar-refractivity contribution in [2.45, 2.75) is 33.6 Å². The third-order valence-electron chi connectivity index (χ3n) is 1.91. The molecule has 0 heterocycles. The highest BCUT2D eigenvalue weighted by atomic mass is 31.2. The molecule has 0 aromatic heterocycles. The van der Waals surface area contributed by atoms with Crippen LogP contribution in [-0.2, 0) is 23.1 Å². The first-order valence-corrected chi connectivity index (χ1v) is 7.27. The summed E-state index contributed by atoms with van der Waals surface area (Å²) >= 11 is 0. The number of allylic oxidation sites excluding steroid dienone is 1. The summed E-state index contributed by atoms with van der Waals surface area (Å²) < 4.78 is 27.2. The number of hydrogen-bond donors (Lipinski definition) is 0. The Kier molecular flexibility index (Phi) is 8.13. The second-order valence-corrected chi connectivity index (χ2v) is 5.35. The SMILES string of the molecule is C=C(CCC(=O)OCC)P(=O)(OCC)OCC. The van der Waals surface area contributed by atoms with Crippen LogP contribution in [0.2, 0.25) is 0 Å². The third kappa shape index (κ3) is 6.01. The molecule has 0 spiro atoms. The van der Waals surface area contributed by atoms with E-state index in [1.165, 1.54) is 0 Å². The molecule has 0 radical (unpaired) electrons. The second kappa shape index (κ2) is 8.45. The monoisotopic (exact) mass is 264 g/mol. The summed E-state index contributed by atoms with van der Waals surface area (Å²) in [5, 5.41) is 0.314. The first kappa shape index (κ1) is 16.4. The molecule has 0 aliphatic carbocycles. The minimum Gasteiger partial charge on any atom is -0.466 e. The van der Waals surface area contributed by atoms with Gasteiger partial charge in [-0.25, -0.2) is 0 Å². The van der Waals surface area contributed by atoms with Gasteiger partial charge in [0.1, 0.15) is 0 Å². The number of carbonyl (C=O) groups is 1. The molecule has 17 heavy (non-hydrogen) atoms. The molecule has 0 aliphatic rings. The summed E-state index contributed by atoms with van der Waals surface area (Å²) in [6.07, 6.45) is 0.382. The van der Waals surface area contributed by atoms with Gasteiger partial charge in [0, 0.05) is 11.7 Å². The zero-order valence-electron chi connectivity index (χ0n) is 10.7. The van der Waals surface area contributed by atoms with Crippen LogP contribution in [0.3, 0.4) is 0 Å². The van der Waals surface area contributed by atoms with Crippen LogP contribution in [0.1, 0.15) is 33.6 Å². The maximum atomic E-state index is 12.2. The van der Waals surface area contributed by atoms with Crippen molar-refractivity contribution in [3.63, 3.8) is 0 Å². The number of esters is 1. The Morgan fingerprint density at radius 3 is 2.00 bits per heavy atom. The summed E-state index contributed by atoms with van der Waals surface area (Å²) in [5.74, 6) is -0.340. The Balaban J connectivity index is 4.34. The van der Waals surface area contributed by atoms with Gasteiger partial charge in [0.2, 0.25) is 0 Å². The minimum atomic E-state index is -3.29. The molecule has 0 fully saturated rings. The summed E-state index contributed by atoms with van der Waals surface area (Å²) in [6.45, 7) is 9.74. The fourth-order valence-electron chi connectivity index (χ4n) is 1.18. The molecule has 0 atom stereocenters. The number of ether oxygens (including phenoxy) is 1. The average molecular weight is 264 g/mol. The predicted molar refractivity (Wildman–Crippen MR) is 65.9 cm³/mol. The van der Waals surface area contributed by atoms with Crippen molar-refractivity contribution in [3.05, 3.63) is 11.9 Å². The van der Waals surface area contributed by atoms with E-state index in [1.54, 1.807) is 20.8 Å². The first-order valence-electron chi connectivity index (χ1n) is 5.73. The molecular formula is C11H21O5P. The average Bonchev–Trinajstić information content (AvgIpc) is 2.27. The van der Waals surface area contributed by atoms with Crippen molar-refractivity contribution >= 4 is 13.6 Å². The zero-order chi connectivity index (χ0) is 13.3. The number of carbonyl (C=O) groups excluding carboxylic acids is 1. The van der Waals surface area contributed by atoms with Crippen molar-refractivity contribution in [1.82, 2.24) is 0 Å². The van der Waals surface area contributed by atoms with Gasteiger partial charge in [-0.2, -0.15) is 0 Å². The smallest absolute Gasteiger partial charge is 0.356 e. The van der Waals surface area contributed by atoms with E-state index in [9.17, 15) is 9.36 Å². The van der Waals surface area contributed by atoms with Gasteiger partial charge in [-0.15, -0.1) is 0 Å². The molecule has 0 aliphatic heterocycles. The van der Waals surface area contributed by atoms with E-state index in [0.717, 1.165) is 0 Å². The van der Waals surface area contributed by atoms with Crippen LogP contribution in [0, 0.1) is 0 Å². The summed E-state index contributed by atoms with van der Waals surface area (Å²) in [5.41, 5.74) is 0.